The molecule has 1 aliphatic carbocycles. The Bertz CT molecular complexity index is 691. The lowest BCUT2D eigenvalue weighted by Gasteiger charge is -2.31. The summed E-state index contributed by atoms with van der Waals surface area (Å²) >= 11 is 0. The van der Waals surface area contributed by atoms with Gasteiger partial charge >= 0.3 is 12.4 Å². The first-order chi connectivity index (χ1) is 11.6. The van der Waals surface area contributed by atoms with Crippen LogP contribution >= 0.6 is 0 Å². The third kappa shape index (κ3) is 3.39. The number of benzene rings is 2. The predicted molar refractivity (Wildman–Crippen MR) is 82.1 cm³/mol. The molecule has 0 bridgehead atoms. The van der Waals surface area contributed by atoms with Gasteiger partial charge in [0.05, 0.1) is 11.1 Å². The quantitative estimate of drug-likeness (QED) is 0.532. The molecule has 0 saturated heterocycles. The molecule has 0 nitrogen and oxygen atoms in total. The average molecular weight is 358 g/mol. The topological polar surface area (TPSA) is 0 Å². The summed E-state index contributed by atoms with van der Waals surface area (Å²) < 4.78 is 78.3. The molecule has 0 radical (unpaired) electrons. The molecule has 25 heavy (non-hydrogen) atoms. The number of alkyl halides is 6. The molecule has 134 valence electrons. The normalized spacial score (nSPS) is 17.7. The number of hydrogen-bond donors (Lipinski definition) is 0. The zero-order chi connectivity index (χ0) is 18.3. The minimum atomic E-state index is -4.48. The zero-order valence-electron chi connectivity index (χ0n) is 13.2. The van der Waals surface area contributed by atoms with E-state index in [1.54, 1.807) is 12.1 Å². The van der Waals surface area contributed by atoms with E-state index in [1.165, 1.54) is 12.1 Å². The van der Waals surface area contributed by atoms with Crippen LogP contribution in [0, 0.1) is 0 Å². The van der Waals surface area contributed by atoms with Crippen LogP contribution in [0.3, 0.4) is 0 Å². The van der Waals surface area contributed by atoms with Crippen molar-refractivity contribution in [1.82, 2.24) is 0 Å². The highest BCUT2D eigenvalue weighted by molar-refractivity contribution is 5.44. The van der Waals surface area contributed by atoms with Crippen LogP contribution in [0.1, 0.15) is 47.9 Å². The molecule has 0 spiro atoms. The summed E-state index contributed by atoms with van der Waals surface area (Å²) in [4.78, 5) is 0. The van der Waals surface area contributed by atoms with E-state index in [-0.39, 0.29) is 0 Å². The van der Waals surface area contributed by atoms with E-state index in [2.05, 4.69) is 0 Å². The minimum absolute atomic E-state index is 0.430. The van der Waals surface area contributed by atoms with Gasteiger partial charge in [-0.05, 0) is 36.1 Å². The molecule has 0 atom stereocenters. The summed E-state index contributed by atoms with van der Waals surface area (Å²) in [5, 5.41) is 0. The Kier molecular flexibility index (Phi) is 4.33. The highest BCUT2D eigenvalue weighted by atomic mass is 19.4. The van der Waals surface area contributed by atoms with Crippen molar-refractivity contribution in [2.24, 2.45) is 0 Å². The highest BCUT2D eigenvalue weighted by Crippen LogP contribution is 2.48. The van der Waals surface area contributed by atoms with Crippen molar-refractivity contribution in [2.45, 2.75) is 43.5 Å². The second-order valence-corrected chi connectivity index (χ2v) is 6.45. The van der Waals surface area contributed by atoms with Crippen LogP contribution in [0.15, 0.2) is 48.5 Å². The molecular formula is C19H16F6. The Morgan fingerprint density at radius 1 is 0.640 bits per heavy atom. The van der Waals surface area contributed by atoms with E-state index < -0.39 is 28.9 Å². The largest absolute Gasteiger partial charge is 0.416 e. The Labute approximate surface area is 141 Å². The maximum Gasteiger partial charge on any atom is 0.416 e. The fourth-order valence-electron chi connectivity index (χ4n) is 3.71. The summed E-state index contributed by atoms with van der Waals surface area (Å²) in [6, 6.07) is 9.94. The van der Waals surface area contributed by atoms with Crippen molar-refractivity contribution in [2.75, 3.05) is 0 Å². The first-order valence-electron chi connectivity index (χ1n) is 7.98. The van der Waals surface area contributed by atoms with Gasteiger partial charge in [0, 0.05) is 5.41 Å². The van der Waals surface area contributed by atoms with Gasteiger partial charge in [-0.1, -0.05) is 49.2 Å². The van der Waals surface area contributed by atoms with Crippen LogP contribution in [0.25, 0.3) is 0 Å². The van der Waals surface area contributed by atoms with E-state index in [0.29, 0.717) is 24.0 Å². The summed E-state index contributed by atoms with van der Waals surface area (Å²) in [5.74, 6) is 0. The van der Waals surface area contributed by atoms with Gasteiger partial charge in [-0.3, -0.25) is 0 Å². The molecule has 2 aromatic carbocycles. The van der Waals surface area contributed by atoms with Gasteiger partial charge in [-0.25, -0.2) is 0 Å². The number of halogens is 6. The number of hydrogen-bond acceptors (Lipinski definition) is 0. The Morgan fingerprint density at radius 2 is 1.04 bits per heavy atom. The molecular weight excluding hydrogens is 342 g/mol. The molecule has 0 amide bonds. The van der Waals surface area contributed by atoms with Gasteiger partial charge in [0.15, 0.2) is 0 Å². The molecule has 3 rings (SSSR count). The van der Waals surface area contributed by atoms with Gasteiger partial charge in [-0.15, -0.1) is 0 Å². The smallest absolute Gasteiger partial charge is 0.166 e. The summed E-state index contributed by atoms with van der Waals surface area (Å²) in [6.45, 7) is 0. The van der Waals surface area contributed by atoms with Crippen molar-refractivity contribution < 1.29 is 26.3 Å². The van der Waals surface area contributed by atoms with Crippen molar-refractivity contribution in [3.63, 3.8) is 0 Å². The predicted octanol–water partition coefficient (Wildman–Crippen LogP) is 6.58. The van der Waals surface area contributed by atoms with Gasteiger partial charge in [0.25, 0.3) is 0 Å². The van der Waals surface area contributed by atoms with Crippen LogP contribution in [-0.2, 0) is 17.8 Å². The molecule has 0 aliphatic heterocycles. The maximum atomic E-state index is 13.1. The molecule has 0 unspecified atom stereocenters. The fraction of sp³-hybridized carbons (Fsp3) is 0.368. The van der Waals surface area contributed by atoms with Gasteiger partial charge in [0.1, 0.15) is 0 Å². The molecule has 2 aromatic rings. The Balaban J connectivity index is 2.13. The first-order valence-corrected chi connectivity index (χ1v) is 7.98. The van der Waals surface area contributed by atoms with Crippen LogP contribution in [0.5, 0.6) is 0 Å². The minimum Gasteiger partial charge on any atom is -0.166 e. The summed E-state index contributed by atoms with van der Waals surface area (Å²) in [6.07, 6.45) is -6.35. The molecule has 0 aromatic heterocycles. The maximum absolute atomic E-state index is 13.1. The van der Waals surface area contributed by atoms with Crippen LogP contribution in [-0.4, -0.2) is 0 Å². The second-order valence-electron chi connectivity index (χ2n) is 6.45. The molecule has 1 saturated carbocycles. The van der Waals surface area contributed by atoms with Crippen molar-refractivity contribution in [3.8, 4) is 0 Å². The zero-order valence-corrected chi connectivity index (χ0v) is 13.2. The van der Waals surface area contributed by atoms with Gasteiger partial charge < -0.3 is 0 Å². The van der Waals surface area contributed by atoms with Gasteiger partial charge in [0.2, 0.25) is 0 Å². The van der Waals surface area contributed by atoms with Crippen LogP contribution in [0.4, 0.5) is 26.3 Å². The van der Waals surface area contributed by atoms with E-state index >= 15 is 0 Å². The van der Waals surface area contributed by atoms with Crippen LogP contribution < -0.4 is 0 Å². The third-order valence-corrected chi connectivity index (χ3v) is 4.94. The van der Waals surface area contributed by atoms with Crippen LogP contribution in [0.2, 0.25) is 0 Å². The highest BCUT2D eigenvalue weighted by Gasteiger charge is 2.40. The lowest BCUT2D eigenvalue weighted by molar-refractivity contribution is -0.138. The van der Waals surface area contributed by atoms with Crippen molar-refractivity contribution in [1.29, 1.82) is 0 Å². The third-order valence-electron chi connectivity index (χ3n) is 4.94. The van der Waals surface area contributed by atoms with Crippen molar-refractivity contribution >= 4 is 0 Å². The summed E-state index contributed by atoms with van der Waals surface area (Å²) in [5.41, 5.74) is -1.49. The number of rotatable bonds is 2. The monoisotopic (exact) mass is 358 g/mol. The standard InChI is InChI=1S/C19H16F6/c20-18(21,22)15-7-3-5-13(11-15)17(9-1-2-10-17)14-6-4-8-16(12-14)19(23,24)25/h3-8,11-12H,1-2,9-10H2. The van der Waals surface area contributed by atoms with E-state index in [4.69, 9.17) is 0 Å². The Morgan fingerprint density at radius 3 is 1.40 bits per heavy atom. The Hall–Kier alpha value is -1.98. The van der Waals surface area contributed by atoms with E-state index in [1.807, 2.05) is 0 Å². The fourth-order valence-corrected chi connectivity index (χ4v) is 3.71. The van der Waals surface area contributed by atoms with E-state index in [0.717, 1.165) is 37.1 Å². The molecule has 0 N–H and O–H groups in total. The van der Waals surface area contributed by atoms with Gasteiger partial charge in [-0.2, -0.15) is 26.3 Å². The molecule has 1 fully saturated rings. The second kappa shape index (κ2) is 6.07. The van der Waals surface area contributed by atoms with Crippen molar-refractivity contribution in [3.05, 3.63) is 70.8 Å². The molecule has 6 heteroatoms. The lowest BCUT2D eigenvalue weighted by Crippen LogP contribution is -2.25. The molecule has 1 aliphatic rings. The SMILES string of the molecule is FC(F)(F)c1cccc(C2(c3cccc(C(F)(F)F)c3)CCCC2)c1. The first kappa shape index (κ1) is 17.8. The average Bonchev–Trinajstić information content (AvgIpc) is 3.04. The summed E-state index contributed by atoms with van der Waals surface area (Å²) in [7, 11) is 0. The lowest BCUT2D eigenvalue weighted by atomic mass is 9.72. The van der Waals surface area contributed by atoms with E-state index in [9.17, 15) is 26.3 Å². The molecule has 0 heterocycles.